The van der Waals surface area contributed by atoms with Gasteiger partial charge in [-0.25, -0.2) is 9.13 Å². The fourth-order valence-electron chi connectivity index (χ4n) is 10.9. The van der Waals surface area contributed by atoms with Crippen LogP contribution in [0.1, 0.15) is 363 Å². The Hall–Kier alpha value is -1.94. The first-order valence-electron chi connectivity index (χ1n) is 37.4. The van der Waals surface area contributed by atoms with Gasteiger partial charge in [0.2, 0.25) is 0 Å². The Morgan fingerprint density at radius 1 is 0.319 bits per heavy atom. The third-order valence-electron chi connectivity index (χ3n) is 17.0. The van der Waals surface area contributed by atoms with Gasteiger partial charge >= 0.3 is 39.5 Å². The standard InChI is InChI=1S/C72H140O17P2/c1-8-10-11-12-13-14-15-16-19-22-25-31-39-46-53-69(74)82-59-67(88-71(76)55-48-41-32-26-23-20-17-18-21-24-29-36-43-50-63(3)4)61-86-90(78,79)84-57-66(73)58-85-91(80,81)87-62-68(60-83-70(75)54-47-40-35-34-38-45-52-65(7)9-2)89-72(77)56-49-42-33-28-27-30-37-44-51-64(5)6/h63-68,73H,8-62H2,1-7H3,(H,78,79)(H,80,81)/t65?,66-,67-,68-/m1/s1. The Bertz CT molecular complexity index is 1790. The molecular formula is C72H140O17P2. The zero-order valence-corrected chi connectivity index (χ0v) is 61.1. The lowest BCUT2D eigenvalue weighted by Crippen LogP contribution is -2.30. The van der Waals surface area contributed by atoms with Crippen molar-refractivity contribution in [3.8, 4) is 0 Å². The van der Waals surface area contributed by atoms with Gasteiger partial charge in [-0.2, -0.15) is 0 Å². The van der Waals surface area contributed by atoms with Crippen LogP contribution < -0.4 is 0 Å². The van der Waals surface area contributed by atoms with E-state index in [4.69, 9.17) is 37.0 Å². The number of phosphoric acid groups is 2. The highest BCUT2D eigenvalue weighted by Gasteiger charge is 2.30. The molecule has 19 heteroatoms. The number of aliphatic hydroxyl groups is 1. The zero-order valence-electron chi connectivity index (χ0n) is 59.3. The fourth-order valence-corrected chi connectivity index (χ4v) is 12.4. The molecule has 0 fully saturated rings. The van der Waals surface area contributed by atoms with E-state index in [0.717, 1.165) is 114 Å². The number of hydrogen-bond acceptors (Lipinski definition) is 15. The van der Waals surface area contributed by atoms with E-state index in [1.165, 1.54) is 167 Å². The third kappa shape index (κ3) is 65.1. The van der Waals surface area contributed by atoms with E-state index in [9.17, 15) is 43.2 Å². The molecule has 91 heavy (non-hydrogen) atoms. The van der Waals surface area contributed by atoms with Gasteiger partial charge in [-0.1, -0.05) is 312 Å². The molecule has 0 saturated heterocycles. The predicted octanol–water partition coefficient (Wildman–Crippen LogP) is 20.6. The predicted molar refractivity (Wildman–Crippen MR) is 368 cm³/mol. The highest BCUT2D eigenvalue weighted by atomic mass is 31.2. The maximum Gasteiger partial charge on any atom is 0.472 e. The van der Waals surface area contributed by atoms with Crippen molar-refractivity contribution in [3.05, 3.63) is 0 Å². The number of phosphoric ester groups is 2. The molecule has 3 unspecified atom stereocenters. The first kappa shape index (κ1) is 89.1. The van der Waals surface area contributed by atoms with E-state index >= 15 is 0 Å². The molecule has 0 saturated carbocycles. The molecule has 0 aliphatic rings. The van der Waals surface area contributed by atoms with Crippen LogP contribution in [-0.2, 0) is 65.4 Å². The molecule has 0 heterocycles. The van der Waals surface area contributed by atoms with E-state index in [1.54, 1.807) is 0 Å². The quantitative estimate of drug-likeness (QED) is 0.0222. The van der Waals surface area contributed by atoms with Crippen LogP contribution in [0.15, 0.2) is 0 Å². The fraction of sp³-hybridized carbons (Fsp3) is 0.944. The van der Waals surface area contributed by atoms with Gasteiger partial charge in [-0.15, -0.1) is 0 Å². The third-order valence-corrected chi connectivity index (χ3v) is 18.9. The molecule has 0 aliphatic heterocycles. The topological polar surface area (TPSA) is 237 Å². The van der Waals surface area contributed by atoms with Gasteiger partial charge in [-0.05, 0) is 43.4 Å². The van der Waals surface area contributed by atoms with Gasteiger partial charge in [0.15, 0.2) is 12.2 Å². The lowest BCUT2D eigenvalue weighted by Gasteiger charge is -2.21. The molecule has 0 amide bonds. The highest BCUT2D eigenvalue weighted by Crippen LogP contribution is 2.45. The summed E-state index contributed by atoms with van der Waals surface area (Å²) in [6.07, 6.45) is 47.2. The van der Waals surface area contributed by atoms with Crippen molar-refractivity contribution in [2.24, 2.45) is 17.8 Å². The van der Waals surface area contributed by atoms with Crippen molar-refractivity contribution in [1.82, 2.24) is 0 Å². The molecule has 17 nitrogen and oxygen atoms in total. The summed E-state index contributed by atoms with van der Waals surface area (Å²) in [4.78, 5) is 72.6. The van der Waals surface area contributed by atoms with Crippen molar-refractivity contribution >= 4 is 39.5 Å². The first-order valence-corrected chi connectivity index (χ1v) is 40.4. The van der Waals surface area contributed by atoms with E-state index in [-0.39, 0.29) is 25.7 Å². The molecule has 3 N–H and O–H groups in total. The molecule has 0 radical (unpaired) electrons. The number of carbonyl (C=O) groups excluding carboxylic acids is 4. The number of hydrogen-bond donors (Lipinski definition) is 3. The van der Waals surface area contributed by atoms with Crippen LogP contribution in [0.25, 0.3) is 0 Å². The Balaban J connectivity index is 5.25. The summed E-state index contributed by atoms with van der Waals surface area (Å²) in [5.74, 6) is 0.111. The van der Waals surface area contributed by atoms with Crippen LogP contribution in [0.3, 0.4) is 0 Å². The van der Waals surface area contributed by atoms with Crippen LogP contribution in [0.5, 0.6) is 0 Å². The Labute approximate surface area is 556 Å². The molecule has 0 aromatic carbocycles. The number of ether oxygens (including phenoxy) is 4. The maximum atomic E-state index is 13.0. The van der Waals surface area contributed by atoms with Crippen molar-refractivity contribution in [2.45, 2.75) is 381 Å². The molecule has 540 valence electrons. The largest absolute Gasteiger partial charge is 0.472 e. The van der Waals surface area contributed by atoms with E-state index in [0.29, 0.717) is 25.7 Å². The number of esters is 4. The van der Waals surface area contributed by atoms with Crippen LogP contribution in [0.4, 0.5) is 0 Å². The van der Waals surface area contributed by atoms with Gasteiger partial charge in [0.1, 0.15) is 19.3 Å². The van der Waals surface area contributed by atoms with Crippen molar-refractivity contribution < 1.29 is 80.2 Å². The minimum Gasteiger partial charge on any atom is -0.462 e. The van der Waals surface area contributed by atoms with Gasteiger partial charge in [0.25, 0.3) is 0 Å². The summed E-state index contributed by atoms with van der Waals surface area (Å²) in [6, 6.07) is 0. The second-order valence-electron chi connectivity index (χ2n) is 27.2. The normalized spacial score (nSPS) is 14.5. The second kappa shape index (κ2) is 62.8. The summed E-state index contributed by atoms with van der Waals surface area (Å²) in [6.45, 7) is 11.8. The molecule has 0 aromatic heterocycles. The van der Waals surface area contributed by atoms with E-state index in [2.05, 4.69) is 48.5 Å². The SMILES string of the molecule is CCCCCCCCCCCCCCCCC(=O)OC[C@H](COP(=O)(O)OC[C@@H](O)COP(=O)(O)OC[C@@H](COC(=O)CCCCCCCCC(C)CC)OC(=O)CCCCCCCCCCC(C)C)OC(=O)CCCCCCCCCCCCCCCC(C)C. The number of aliphatic hydroxyl groups excluding tert-OH is 1. The second-order valence-corrected chi connectivity index (χ2v) is 30.1. The molecule has 6 atom stereocenters. The lowest BCUT2D eigenvalue weighted by molar-refractivity contribution is -0.161. The van der Waals surface area contributed by atoms with Crippen LogP contribution in [0.2, 0.25) is 0 Å². The van der Waals surface area contributed by atoms with Gasteiger partial charge < -0.3 is 33.8 Å². The minimum atomic E-state index is -4.95. The van der Waals surface area contributed by atoms with Crippen molar-refractivity contribution in [3.63, 3.8) is 0 Å². The summed E-state index contributed by atoms with van der Waals surface area (Å²) in [5, 5.41) is 10.6. The molecule has 0 aliphatic carbocycles. The lowest BCUT2D eigenvalue weighted by atomic mass is 10.00. The van der Waals surface area contributed by atoms with Crippen LogP contribution in [0, 0.1) is 17.8 Å². The molecule has 0 spiro atoms. The maximum absolute atomic E-state index is 13.0. The number of unbranched alkanes of at least 4 members (excludes halogenated alkanes) is 37. The van der Waals surface area contributed by atoms with Gasteiger partial charge in [0.05, 0.1) is 26.4 Å². The average Bonchev–Trinajstić information content (AvgIpc) is 3.69. The Morgan fingerprint density at radius 3 is 0.835 bits per heavy atom. The highest BCUT2D eigenvalue weighted by molar-refractivity contribution is 7.47. The molecular weight excluding hydrogens is 1200 g/mol. The minimum absolute atomic E-state index is 0.103. The monoisotopic (exact) mass is 1340 g/mol. The number of rotatable bonds is 70. The summed E-state index contributed by atoms with van der Waals surface area (Å²) < 4.78 is 68.4. The smallest absolute Gasteiger partial charge is 0.462 e. The number of carbonyl (C=O) groups is 4. The summed E-state index contributed by atoms with van der Waals surface area (Å²) >= 11 is 0. The molecule has 0 rings (SSSR count). The van der Waals surface area contributed by atoms with Gasteiger partial charge in [-0.3, -0.25) is 37.3 Å². The Kier molecular flexibility index (Phi) is 61.5. The van der Waals surface area contributed by atoms with Crippen LogP contribution >= 0.6 is 15.6 Å². The first-order chi connectivity index (χ1) is 43.8. The van der Waals surface area contributed by atoms with Crippen molar-refractivity contribution in [1.29, 1.82) is 0 Å². The summed E-state index contributed by atoms with van der Waals surface area (Å²) in [7, 11) is -9.90. The summed E-state index contributed by atoms with van der Waals surface area (Å²) in [5.41, 5.74) is 0. The van der Waals surface area contributed by atoms with E-state index < -0.39 is 97.5 Å². The average molecular weight is 1340 g/mol. The van der Waals surface area contributed by atoms with Crippen molar-refractivity contribution in [2.75, 3.05) is 39.6 Å². The Morgan fingerprint density at radius 2 is 0.560 bits per heavy atom. The molecule has 0 bridgehead atoms. The van der Waals surface area contributed by atoms with Gasteiger partial charge in [0, 0.05) is 25.7 Å². The molecule has 0 aromatic rings. The zero-order chi connectivity index (χ0) is 67.3. The van der Waals surface area contributed by atoms with E-state index in [1.807, 2.05) is 0 Å². The van der Waals surface area contributed by atoms with Crippen LogP contribution in [-0.4, -0.2) is 96.7 Å².